The van der Waals surface area contributed by atoms with E-state index in [0.717, 1.165) is 51.2 Å². The maximum Gasteiger partial charge on any atom is 0.517 e. The van der Waals surface area contributed by atoms with Crippen LogP contribution in [0.4, 0.5) is 4.79 Å². The van der Waals surface area contributed by atoms with E-state index in [0.29, 0.717) is 19.8 Å². The third-order valence-electron chi connectivity index (χ3n) is 12.0. The number of unbranched alkanes of at least 4 members (excludes halogenated alkanes) is 27. The van der Waals surface area contributed by atoms with Crippen molar-refractivity contribution < 1.29 is 28.3 Å². The van der Waals surface area contributed by atoms with Gasteiger partial charge in [0.05, 0.1) is 19.8 Å². The van der Waals surface area contributed by atoms with E-state index in [1.54, 1.807) is 0 Å². The highest BCUT2D eigenvalue weighted by atomic mass is 32.3. The molecule has 0 atom stereocenters. The minimum Gasteiger partial charge on any atom is -0.494 e. The second kappa shape index (κ2) is 35.1. The first-order chi connectivity index (χ1) is 30.5. The molecule has 0 aromatic heterocycles. The van der Waals surface area contributed by atoms with Crippen LogP contribution in [0.3, 0.4) is 0 Å². The SMILES string of the molecule is CCCCCCCCCCCCOc1ccc(S(OC(=O)O)(c2ccc(OCCCCCCCCCCCC)cc2)c2ccc(OCCCCCCCCCCCC)cc2)cc1. The minimum absolute atomic E-state index is 0.667. The molecule has 62 heavy (non-hydrogen) atoms. The number of hydrogen-bond acceptors (Lipinski definition) is 5. The molecule has 0 radical (unpaired) electrons. The van der Waals surface area contributed by atoms with E-state index < -0.39 is 16.5 Å². The maximum absolute atomic E-state index is 12.6. The van der Waals surface area contributed by atoms with Gasteiger partial charge in [0.2, 0.25) is 0 Å². The molecule has 0 bridgehead atoms. The van der Waals surface area contributed by atoms with E-state index >= 15 is 0 Å². The predicted molar refractivity (Wildman–Crippen MR) is 263 cm³/mol. The fourth-order valence-electron chi connectivity index (χ4n) is 8.18. The Morgan fingerprint density at radius 3 is 0.774 bits per heavy atom. The Balaban J connectivity index is 1.64. The van der Waals surface area contributed by atoms with Crippen LogP contribution in [0, 0.1) is 0 Å². The summed E-state index contributed by atoms with van der Waals surface area (Å²) in [5.74, 6) is 2.33. The average molecular weight is 877 g/mol. The van der Waals surface area contributed by atoms with Crippen LogP contribution in [0.1, 0.15) is 213 Å². The van der Waals surface area contributed by atoms with Crippen molar-refractivity contribution in [3.8, 4) is 17.2 Å². The summed E-state index contributed by atoms with van der Waals surface area (Å²) < 4.78 is 24.6. The van der Waals surface area contributed by atoms with Crippen LogP contribution < -0.4 is 14.2 Å². The largest absolute Gasteiger partial charge is 0.517 e. The summed E-state index contributed by atoms with van der Waals surface area (Å²) in [7, 11) is -2.69. The van der Waals surface area contributed by atoms with E-state index in [2.05, 4.69) is 20.8 Å². The Kier molecular flexibility index (Phi) is 30.0. The van der Waals surface area contributed by atoms with Crippen LogP contribution in [0.2, 0.25) is 0 Å². The molecular weight excluding hydrogens is 789 g/mol. The van der Waals surface area contributed by atoms with Crippen LogP contribution in [0.15, 0.2) is 87.5 Å². The lowest BCUT2D eigenvalue weighted by atomic mass is 10.1. The molecule has 0 aliphatic carbocycles. The zero-order valence-corrected chi connectivity index (χ0v) is 40.5. The highest BCUT2D eigenvalue weighted by molar-refractivity contribution is 8.30. The molecule has 3 rings (SSSR count). The van der Waals surface area contributed by atoms with Crippen LogP contribution in [0.25, 0.3) is 0 Å². The molecule has 0 spiro atoms. The van der Waals surface area contributed by atoms with Crippen LogP contribution >= 0.6 is 10.3 Å². The molecular formula is C55H88O6S. The lowest BCUT2D eigenvalue weighted by molar-refractivity contribution is 0.150. The molecule has 0 unspecified atom stereocenters. The second-order valence-corrected chi connectivity index (χ2v) is 20.1. The van der Waals surface area contributed by atoms with Gasteiger partial charge in [-0.25, -0.2) is 4.79 Å². The van der Waals surface area contributed by atoms with E-state index in [1.165, 1.54) is 173 Å². The maximum atomic E-state index is 12.6. The number of carboxylic acid groups (broad SMARTS) is 1. The van der Waals surface area contributed by atoms with Crippen molar-refractivity contribution in [2.75, 3.05) is 19.8 Å². The normalized spacial score (nSPS) is 11.7. The van der Waals surface area contributed by atoms with Crippen molar-refractivity contribution in [2.24, 2.45) is 0 Å². The van der Waals surface area contributed by atoms with Gasteiger partial charge < -0.3 is 23.5 Å². The zero-order valence-electron chi connectivity index (χ0n) is 39.7. The van der Waals surface area contributed by atoms with Crippen molar-refractivity contribution in [1.82, 2.24) is 0 Å². The van der Waals surface area contributed by atoms with Gasteiger partial charge in [-0.05, 0) is 102 Å². The van der Waals surface area contributed by atoms with E-state index in [9.17, 15) is 9.90 Å². The first-order valence-corrected chi connectivity index (χ1v) is 27.0. The summed E-state index contributed by atoms with van der Waals surface area (Å²) in [4.78, 5) is 15.0. The number of hydrogen-bond donors (Lipinski definition) is 1. The minimum atomic E-state index is -2.69. The third kappa shape index (κ3) is 22.3. The Morgan fingerprint density at radius 2 is 0.565 bits per heavy atom. The van der Waals surface area contributed by atoms with Crippen molar-refractivity contribution in [1.29, 1.82) is 0 Å². The highest BCUT2D eigenvalue weighted by Gasteiger charge is 2.36. The van der Waals surface area contributed by atoms with E-state index in [4.69, 9.17) is 18.4 Å². The Hall–Kier alpha value is -3.32. The number of benzene rings is 3. The molecule has 0 saturated heterocycles. The van der Waals surface area contributed by atoms with Gasteiger partial charge in [0, 0.05) is 14.7 Å². The topological polar surface area (TPSA) is 74.2 Å². The monoisotopic (exact) mass is 877 g/mol. The summed E-state index contributed by atoms with van der Waals surface area (Å²) in [5, 5.41) is 10.3. The van der Waals surface area contributed by atoms with Gasteiger partial charge in [-0.3, -0.25) is 0 Å². The van der Waals surface area contributed by atoms with Crippen molar-refractivity contribution in [3.63, 3.8) is 0 Å². The van der Waals surface area contributed by atoms with Gasteiger partial charge in [-0.2, -0.15) is 0 Å². The van der Waals surface area contributed by atoms with Crippen molar-refractivity contribution >= 4 is 16.5 Å². The summed E-state index contributed by atoms with van der Waals surface area (Å²) in [6.45, 7) is 8.80. The molecule has 7 heteroatoms. The average Bonchev–Trinajstić information content (AvgIpc) is 3.29. The Morgan fingerprint density at radius 1 is 0.355 bits per heavy atom. The van der Waals surface area contributed by atoms with Gasteiger partial charge in [0.25, 0.3) is 0 Å². The fourth-order valence-corrected chi connectivity index (χ4v) is 11.1. The van der Waals surface area contributed by atoms with Gasteiger partial charge in [-0.1, -0.05) is 194 Å². The molecule has 6 nitrogen and oxygen atoms in total. The number of rotatable bonds is 40. The van der Waals surface area contributed by atoms with E-state index in [-0.39, 0.29) is 0 Å². The van der Waals surface area contributed by atoms with Crippen LogP contribution in [0.5, 0.6) is 17.2 Å². The predicted octanol–water partition coefficient (Wildman–Crippen LogP) is 18.5. The van der Waals surface area contributed by atoms with E-state index in [1.807, 2.05) is 72.8 Å². The lowest BCUT2D eigenvalue weighted by Gasteiger charge is -2.38. The van der Waals surface area contributed by atoms with Crippen molar-refractivity contribution in [3.05, 3.63) is 72.8 Å². The summed E-state index contributed by atoms with van der Waals surface area (Å²) in [6, 6.07) is 23.5. The van der Waals surface area contributed by atoms with Crippen LogP contribution in [-0.4, -0.2) is 31.1 Å². The molecule has 3 aromatic carbocycles. The van der Waals surface area contributed by atoms with Crippen molar-refractivity contribution in [2.45, 2.75) is 228 Å². The molecule has 0 fully saturated rings. The first kappa shape index (κ1) is 53.0. The van der Waals surface area contributed by atoms with Crippen LogP contribution in [-0.2, 0) is 4.18 Å². The molecule has 350 valence electrons. The molecule has 0 aliphatic heterocycles. The molecule has 3 aromatic rings. The lowest BCUT2D eigenvalue weighted by Crippen LogP contribution is -2.12. The molecule has 0 amide bonds. The summed E-state index contributed by atoms with van der Waals surface area (Å²) in [6.07, 6.45) is 37.2. The highest BCUT2D eigenvalue weighted by Crippen LogP contribution is 2.69. The quantitative estimate of drug-likeness (QED) is 0.0574. The Bertz CT molecular complexity index is 1320. The molecule has 0 heterocycles. The Labute approximate surface area is 381 Å². The number of carbonyl (C=O) groups is 1. The molecule has 0 saturated carbocycles. The smallest absolute Gasteiger partial charge is 0.494 e. The van der Waals surface area contributed by atoms with Gasteiger partial charge in [0.1, 0.15) is 17.2 Å². The van der Waals surface area contributed by atoms with Gasteiger partial charge in [-0.15, -0.1) is 0 Å². The van der Waals surface area contributed by atoms with Gasteiger partial charge in [0.15, 0.2) is 0 Å². The first-order valence-electron chi connectivity index (χ1n) is 25.5. The molecule has 1 N–H and O–H groups in total. The second-order valence-electron chi connectivity index (χ2n) is 17.4. The zero-order chi connectivity index (χ0) is 44.2. The summed E-state index contributed by atoms with van der Waals surface area (Å²) in [5.41, 5.74) is 0. The molecule has 0 aliphatic rings. The fraction of sp³-hybridized carbons (Fsp3) is 0.655. The third-order valence-corrected chi connectivity index (χ3v) is 15.2. The standard InChI is InChI=1S/C55H88O6S/c1-4-7-10-13-16-19-22-25-28-31-46-58-49-34-40-52(41-35-49)62(61-55(56)57,53-42-36-50(37-43-53)59-47-32-29-26-23-20-17-14-11-8-5-2)54-44-38-51(39-45-54)60-48-33-30-27-24-21-18-15-12-9-6-3/h34-45H,4-33,46-48H2,1-3H3,(H,56,57). The van der Waals surface area contributed by atoms with Gasteiger partial charge >= 0.3 is 6.16 Å². The number of ether oxygens (including phenoxy) is 3. The summed E-state index contributed by atoms with van der Waals surface area (Å²) >= 11 is 0.